The first-order chi connectivity index (χ1) is 54.2. The Hall–Kier alpha value is -13.4. The van der Waals surface area contributed by atoms with Gasteiger partial charge in [0.1, 0.15) is 0 Å². The third kappa shape index (κ3) is 10.9. The summed E-state index contributed by atoms with van der Waals surface area (Å²) in [6, 6.07) is 132. The van der Waals surface area contributed by atoms with Crippen molar-refractivity contribution in [3.05, 3.63) is 391 Å². The van der Waals surface area contributed by atoms with Crippen LogP contribution in [0.15, 0.2) is 358 Å². The van der Waals surface area contributed by atoms with Crippen LogP contribution in [0, 0.1) is 13.8 Å². The third-order valence-electron chi connectivity index (χ3n) is 23.8. The minimum atomic E-state index is -0.240. The van der Waals surface area contributed by atoms with Gasteiger partial charge >= 0.3 is 0 Å². The van der Waals surface area contributed by atoms with Crippen molar-refractivity contribution in [2.24, 2.45) is 0 Å². The molecule has 2 aliphatic heterocycles. The number of anilines is 12. The van der Waals surface area contributed by atoms with Gasteiger partial charge in [-0.05, 0) is 228 Å². The third-order valence-corrected chi connectivity index (χ3v) is 23.8. The molecule has 6 nitrogen and oxygen atoms in total. The summed E-state index contributed by atoms with van der Waals surface area (Å²) in [5.41, 5.74) is 27.6. The van der Waals surface area contributed by atoms with Crippen LogP contribution >= 0.6 is 0 Å². The Kier molecular flexibility index (Phi) is 15.8. The van der Waals surface area contributed by atoms with Crippen molar-refractivity contribution in [3.8, 4) is 5.69 Å². The topological polar surface area (TPSA) is 22.8 Å². The fourth-order valence-corrected chi connectivity index (χ4v) is 18.7. The molecule has 2 aromatic heterocycles. The van der Waals surface area contributed by atoms with Gasteiger partial charge < -0.3 is 28.7 Å². The van der Waals surface area contributed by atoms with E-state index in [1.807, 2.05) is 0 Å². The SMILES string of the molecule is CC(C)n1c2ccccc2c2cc3c(cc21)N(c1ccc2cc(N(c4ccccc4)c4cccc5ccccc45)ccc2c1)c1ccccc1C3(C)C.Cc1cc(C)cc(-n2c3ccccc3c3cc4c(cc32)N(c2cccc3c(N(c5ccccc5)c5ccc6ccccc6c5)cccc23)c2ccccc2C4(C)C)c1. The second-order valence-corrected chi connectivity index (χ2v) is 31.6. The minimum absolute atomic E-state index is 0.175. The molecule has 0 amide bonds. The Labute approximate surface area is 648 Å². The Balaban J connectivity index is 0.000000146. The van der Waals surface area contributed by atoms with Gasteiger partial charge in [-0.25, -0.2) is 0 Å². The number of rotatable bonds is 10. The van der Waals surface area contributed by atoms with Gasteiger partial charge in [0.05, 0.1) is 56.4 Å². The molecule has 0 saturated carbocycles. The maximum Gasteiger partial charge on any atom is 0.0562 e. The van der Waals surface area contributed by atoms with E-state index < -0.39 is 0 Å². The van der Waals surface area contributed by atoms with Crippen molar-refractivity contribution < 1.29 is 0 Å². The van der Waals surface area contributed by atoms with Crippen molar-refractivity contribution in [1.29, 1.82) is 0 Å². The summed E-state index contributed by atoms with van der Waals surface area (Å²) in [6.07, 6.45) is 0. The van der Waals surface area contributed by atoms with Crippen LogP contribution in [0.25, 0.3) is 92.4 Å². The number of aromatic nitrogens is 2. The predicted octanol–water partition coefficient (Wildman–Crippen LogP) is 29.5. The highest BCUT2D eigenvalue weighted by Gasteiger charge is 2.40. The van der Waals surface area contributed by atoms with Crippen molar-refractivity contribution in [2.45, 2.75) is 72.3 Å². The molecule has 17 aromatic carbocycles. The summed E-state index contributed by atoms with van der Waals surface area (Å²) in [4.78, 5) is 9.82. The summed E-state index contributed by atoms with van der Waals surface area (Å²) >= 11 is 0. The van der Waals surface area contributed by atoms with Crippen LogP contribution in [0.1, 0.15) is 81.0 Å². The van der Waals surface area contributed by atoms with E-state index in [0.717, 1.165) is 39.8 Å². The number of nitrogens with zero attached hydrogens (tertiary/aromatic N) is 6. The zero-order chi connectivity index (χ0) is 75.0. The van der Waals surface area contributed by atoms with Gasteiger partial charge in [-0.1, -0.05) is 246 Å². The van der Waals surface area contributed by atoms with Gasteiger partial charge in [0.2, 0.25) is 0 Å². The van der Waals surface area contributed by atoms with E-state index in [9.17, 15) is 0 Å². The zero-order valence-electron chi connectivity index (χ0n) is 63.8. The highest BCUT2D eigenvalue weighted by atomic mass is 15.2. The van der Waals surface area contributed by atoms with Crippen molar-refractivity contribution in [1.82, 2.24) is 9.13 Å². The van der Waals surface area contributed by atoms with Crippen LogP contribution in [0.5, 0.6) is 0 Å². The smallest absolute Gasteiger partial charge is 0.0562 e. The monoisotopic (exact) mass is 1430 g/mol. The summed E-state index contributed by atoms with van der Waals surface area (Å²) in [5, 5.41) is 14.9. The van der Waals surface area contributed by atoms with Crippen LogP contribution < -0.4 is 19.6 Å². The lowest BCUT2D eigenvalue weighted by Crippen LogP contribution is -2.30. The lowest BCUT2D eigenvalue weighted by molar-refractivity contribution is 0.630. The average Bonchev–Trinajstić information content (AvgIpc) is 1.69. The highest BCUT2D eigenvalue weighted by molar-refractivity contribution is 6.15. The zero-order valence-corrected chi connectivity index (χ0v) is 63.8. The Morgan fingerprint density at radius 2 is 0.694 bits per heavy atom. The van der Waals surface area contributed by atoms with E-state index in [-0.39, 0.29) is 10.8 Å². The molecule has 4 heterocycles. The molecule has 0 unspecified atom stereocenters. The molecule has 0 radical (unpaired) electrons. The molecule has 0 aliphatic carbocycles. The fraction of sp³-hybridized carbons (Fsp3) is 0.105. The molecule has 0 atom stereocenters. The van der Waals surface area contributed by atoms with Gasteiger partial charge in [-0.2, -0.15) is 0 Å². The molecule has 2 aliphatic rings. The van der Waals surface area contributed by atoms with Crippen molar-refractivity contribution >= 4 is 155 Å². The normalized spacial score (nSPS) is 13.4. The van der Waals surface area contributed by atoms with Crippen LogP contribution in [0.3, 0.4) is 0 Å². The summed E-state index contributed by atoms with van der Waals surface area (Å²) in [6.45, 7) is 18.5. The largest absolute Gasteiger partial charge is 0.338 e. The highest BCUT2D eigenvalue weighted by Crippen LogP contribution is 2.58. The molecular weight excluding hydrogens is 1350 g/mol. The number of fused-ring (bicyclic) bond motifs is 14. The first kappa shape index (κ1) is 67.0. The van der Waals surface area contributed by atoms with Gasteiger partial charge in [0.15, 0.2) is 0 Å². The maximum atomic E-state index is 2.54. The lowest BCUT2D eigenvalue weighted by Gasteiger charge is -2.42. The molecule has 0 spiro atoms. The first-order valence-electron chi connectivity index (χ1n) is 39.0. The van der Waals surface area contributed by atoms with E-state index in [1.165, 1.54) is 154 Å². The van der Waals surface area contributed by atoms with E-state index >= 15 is 0 Å². The van der Waals surface area contributed by atoms with Gasteiger partial charge in [0.25, 0.3) is 0 Å². The predicted molar refractivity (Wildman–Crippen MR) is 473 cm³/mol. The van der Waals surface area contributed by atoms with Crippen LogP contribution in [0.4, 0.5) is 68.2 Å². The van der Waals surface area contributed by atoms with Gasteiger partial charge in [0, 0.05) is 94.2 Å². The maximum absolute atomic E-state index is 2.54. The number of hydrogen-bond donors (Lipinski definition) is 0. The fourth-order valence-electron chi connectivity index (χ4n) is 18.7. The van der Waals surface area contributed by atoms with Crippen molar-refractivity contribution in [2.75, 3.05) is 19.6 Å². The molecule has 21 rings (SSSR count). The van der Waals surface area contributed by atoms with Crippen LogP contribution in [0.2, 0.25) is 0 Å². The summed E-state index contributed by atoms with van der Waals surface area (Å²) in [7, 11) is 0. The molecular formula is C105H84N6. The second-order valence-electron chi connectivity index (χ2n) is 31.6. The lowest BCUT2D eigenvalue weighted by atomic mass is 9.73. The number of hydrogen-bond acceptors (Lipinski definition) is 4. The molecule has 0 saturated heterocycles. The summed E-state index contributed by atoms with van der Waals surface area (Å²) in [5.74, 6) is 0. The molecule has 0 bridgehead atoms. The molecule has 6 heteroatoms. The second kappa shape index (κ2) is 26.2. The quantitative estimate of drug-likeness (QED) is 0.136. The minimum Gasteiger partial charge on any atom is -0.338 e. The standard InChI is InChI=1S/C55H43N3.C50H41N3/c1-36-30-37(2)32-42(31-36)57-50-24-12-10-20-45(50)46-34-48-54(35-53(46)57)58(52-25-13-11-23-47(52)55(48,3)4)51-27-15-21-43-44(51)22-14-26-49(43)56(40-18-6-5-7-19-40)41-29-28-38-16-8-9-17-39(38)33-41;1-33(2)51-46-22-12-10-20-41(46)42-31-44-49(32-48(42)51)53(47-23-13-11-21-43(47)50(44,3)4)39-28-26-35-29-38(27-25-36(35)30-39)52(37-17-6-5-7-18-37)45-24-14-16-34-15-8-9-19-40(34)45/h5-35H,1-4H3;5-33H,1-4H3. The van der Waals surface area contributed by atoms with E-state index in [0.29, 0.717) is 6.04 Å². The van der Waals surface area contributed by atoms with Crippen LogP contribution in [-0.2, 0) is 10.8 Å². The molecule has 534 valence electrons. The Morgan fingerprint density at radius 1 is 0.252 bits per heavy atom. The van der Waals surface area contributed by atoms with E-state index in [2.05, 4.69) is 442 Å². The summed E-state index contributed by atoms with van der Waals surface area (Å²) < 4.78 is 4.98. The Morgan fingerprint density at radius 3 is 1.35 bits per heavy atom. The number of benzene rings is 17. The first-order valence-corrected chi connectivity index (χ1v) is 39.0. The van der Waals surface area contributed by atoms with Gasteiger partial charge in [-0.15, -0.1) is 0 Å². The number of para-hydroxylation sites is 6. The Bertz CT molecular complexity index is 6910. The average molecular weight is 1430 g/mol. The molecule has 19 aromatic rings. The van der Waals surface area contributed by atoms with Gasteiger partial charge in [-0.3, -0.25) is 0 Å². The molecule has 0 N–H and O–H groups in total. The number of aryl methyl sites for hydroxylation is 2. The molecule has 0 fully saturated rings. The van der Waals surface area contributed by atoms with Crippen molar-refractivity contribution in [3.63, 3.8) is 0 Å². The van der Waals surface area contributed by atoms with E-state index in [1.54, 1.807) is 0 Å². The molecule has 111 heavy (non-hydrogen) atoms. The van der Waals surface area contributed by atoms with Crippen LogP contribution in [-0.4, -0.2) is 9.13 Å². The van der Waals surface area contributed by atoms with E-state index in [4.69, 9.17) is 0 Å².